The van der Waals surface area contributed by atoms with Crippen molar-refractivity contribution in [1.82, 2.24) is 5.32 Å². The summed E-state index contributed by atoms with van der Waals surface area (Å²) in [6.07, 6.45) is 0.389. The lowest BCUT2D eigenvalue weighted by Gasteiger charge is -2.23. The Hall–Kier alpha value is -3.84. The fraction of sp³-hybridized carbons (Fsp3) is 0.412. The van der Waals surface area contributed by atoms with Gasteiger partial charge in [-0.1, -0.05) is 55.5 Å². The molecule has 0 saturated carbocycles. The number of esters is 1. The fourth-order valence-corrected chi connectivity index (χ4v) is 4.32. The highest BCUT2D eigenvalue weighted by atomic mass is 16.6. The number of carbonyl (C=O) groups is 2. The van der Waals surface area contributed by atoms with Crippen LogP contribution in [-0.4, -0.2) is 35.0 Å². The first-order chi connectivity index (χ1) is 19.3. The first-order valence-corrected chi connectivity index (χ1v) is 14.0. The average Bonchev–Trinajstić information content (AvgIpc) is 2.89. The number of carbonyl (C=O) groups excluding carboxylic acids is 2. The van der Waals surface area contributed by atoms with E-state index >= 15 is 0 Å². The minimum absolute atomic E-state index is 0.129. The molecule has 0 heterocycles. The summed E-state index contributed by atoms with van der Waals surface area (Å²) in [7, 11) is 0. The van der Waals surface area contributed by atoms with E-state index in [0.29, 0.717) is 12.4 Å². The number of rotatable bonds is 10. The van der Waals surface area contributed by atoms with Gasteiger partial charge in [0.05, 0.1) is 19.1 Å². The van der Waals surface area contributed by atoms with Gasteiger partial charge in [-0.25, -0.2) is 4.79 Å². The number of ether oxygens (including phenoxy) is 3. The molecule has 0 aliphatic rings. The number of hydrogen-bond acceptors (Lipinski definition) is 6. The molecule has 7 nitrogen and oxygen atoms in total. The number of aliphatic hydroxyl groups excluding tert-OH is 1. The lowest BCUT2D eigenvalue weighted by Crippen LogP contribution is -2.36. The van der Waals surface area contributed by atoms with Crippen LogP contribution in [0.3, 0.4) is 0 Å². The molecule has 7 heteroatoms. The van der Waals surface area contributed by atoms with Gasteiger partial charge in [0.1, 0.15) is 23.6 Å². The summed E-state index contributed by atoms with van der Waals surface area (Å²) in [6.45, 7) is 13.1. The maximum atomic E-state index is 12.4. The topological polar surface area (TPSA) is 94.1 Å². The first-order valence-electron chi connectivity index (χ1n) is 14.0. The number of aliphatic hydroxyl groups is 1. The zero-order valence-electron chi connectivity index (χ0n) is 25.2. The van der Waals surface area contributed by atoms with Crippen LogP contribution in [-0.2, 0) is 33.7 Å². The molecule has 1 atom stereocenters. The second kappa shape index (κ2) is 13.7. The van der Waals surface area contributed by atoms with Crippen molar-refractivity contribution in [2.75, 3.05) is 6.61 Å². The Balaban J connectivity index is 1.81. The van der Waals surface area contributed by atoms with E-state index in [0.717, 1.165) is 39.8 Å². The molecule has 0 radical (unpaired) electrons. The first kappa shape index (κ1) is 31.7. The van der Waals surface area contributed by atoms with Crippen LogP contribution in [0.15, 0.2) is 66.7 Å². The lowest BCUT2D eigenvalue weighted by molar-refractivity contribution is -0.153. The van der Waals surface area contributed by atoms with Crippen molar-refractivity contribution in [1.29, 1.82) is 0 Å². The molecule has 0 aliphatic heterocycles. The number of alkyl carbamates (subject to hydrolysis) is 1. The Labute approximate surface area is 243 Å². The van der Waals surface area contributed by atoms with E-state index < -0.39 is 23.3 Å². The van der Waals surface area contributed by atoms with Crippen LogP contribution in [0.2, 0.25) is 0 Å². The van der Waals surface area contributed by atoms with E-state index in [1.54, 1.807) is 20.8 Å². The van der Waals surface area contributed by atoms with Crippen molar-refractivity contribution in [3.05, 3.63) is 89.0 Å². The van der Waals surface area contributed by atoms with Gasteiger partial charge in [0.25, 0.3) is 0 Å². The molecule has 3 aromatic rings. The standard InChI is InChI=1S/C34H43NO6/c1-8-23-16-24(22-39-30-15-10-9-12-27(30)20-31(37)40-33(2,3)4)18-28(17-23)25-13-11-14-26(19-25)29(21-36)35-32(38)41-34(5,6)7/h9-19,29,36H,8,20-22H2,1-7H3,(H,35,38)/t29-/m1/s1. The van der Waals surface area contributed by atoms with E-state index in [1.807, 2.05) is 69.3 Å². The molecule has 0 unspecified atom stereocenters. The molecule has 2 N–H and O–H groups in total. The Bertz CT molecular complexity index is 1340. The maximum absolute atomic E-state index is 12.4. The number of hydrogen-bond donors (Lipinski definition) is 2. The summed E-state index contributed by atoms with van der Waals surface area (Å²) in [5.74, 6) is 0.342. The molecule has 0 spiro atoms. The highest BCUT2D eigenvalue weighted by Crippen LogP contribution is 2.28. The number of amides is 1. The average molecular weight is 562 g/mol. The second-order valence-electron chi connectivity index (χ2n) is 12.1. The van der Waals surface area contributed by atoms with Crippen LogP contribution in [0.4, 0.5) is 4.79 Å². The van der Waals surface area contributed by atoms with Gasteiger partial charge in [-0.2, -0.15) is 0 Å². The number of nitrogens with one attached hydrogen (secondary N) is 1. The third kappa shape index (κ3) is 10.3. The molecule has 41 heavy (non-hydrogen) atoms. The summed E-state index contributed by atoms with van der Waals surface area (Å²) in [5.41, 5.74) is 4.45. The Morgan fingerprint density at radius 3 is 2.17 bits per heavy atom. The van der Waals surface area contributed by atoms with Gasteiger partial charge in [-0.15, -0.1) is 0 Å². The van der Waals surface area contributed by atoms with E-state index in [4.69, 9.17) is 14.2 Å². The number of aryl methyl sites for hydroxylation is 1. The Morgan fingerprint density at radius 2 is 1.51 bits per heavy atom. The van der Waals surface area contributed by atoms with Gasteiger partial charge >= 0.3 is 12.1 Å². The zero-order chi connectivity index (χ0) is 30.2. The molecule has 220 valence electrons. The van der Waals surface area contributed by atoms with E-state index in [1.165, 1.54) is 0 Å². The fourth-order valence-electron chi connectivity index (χ4n) is 4.32. The largest absolute Gasteiger partial charge is 0.489 e. The van der Waals surface area contributed by atoms with Crippen molar-refractivity contribution in [2.45, 2.75) is 85.2 Å². The smallest absolute Gasteiger partial charge is 0.408 e. The molecular weight excluding hydrogens is 518 g/mol. The van der Waals surface area contributed by atoms with Crippen LogP contribution in [0.1, 0.15) is 76.8 Å². The highest BCUT2D eigenvalue weighted by Gasteiger charge is 2.21. The Morgan fingerprint density at radius 1 is 0.829 bits per heavy atom. The van der Waals surface area contributed by atoms with Crippen LogP contribution in [0.25, 0.3) is 11.1 Å². The number of benzene rings is 3. The van der Waals surface area contributed by atoms with E-state index in [-0.39, 0.29) is 19.0 Å². The van der Waals surface area contributed by atoms with Crippen LogP contribution in [0, 0.1) is 0 Å². The van der Waals surface area contributed by atoms with Crippen LogP contribution >= 0.6 is 0 Å². The maximum Gasteiger partial charge on any atom is 0.408 e. The van der Waals surface area contributed by atoms with Crippen LogP contribution < -0.4 is 10.1 Å². The molecule has 3 rings (SSSR count). The monoisotopic (exact) mass is 561 g/mol. The molecular formula is C34H43NO6. The van der Waals surface area contributed by atoms with Crippen molar-refractivity contribution in [3.8, 4) is 16.9 Å². The molecule has 0 bridgehead atoms. The third-order valence-electron chi connectivity index (χ3n) is 6.08. The minimum Gasteiger partial charge on any atom is -0.489 e. The summed E-state index contributed by atoms with van der Waals surface area (Å²) in [4.78, 5) is 24.8. The highest BCUT2D eigenvalue weighted by molar-refractivity contribution is 5.74. The van der Waals surface area contributed by atoms with Gasteiger partial charge in [0.2, 0.25) is 0 Å². The molecule has 3 aromatic carbocycles. The predicted molar refractivity (Wildman–Crippen MR) is 161 cm³/mol. The van der Waals surface area contributed by atoms with Crippen molar-refractivity contribution < 1.29 is 28.9 Å². The second-order valence-corrected chi connectivity index (χ2v) is 12.1. The molecule has 1 amide bonds. The molecule has 0 fully saturated rings. The van der Waals surface area contributed by atoms with Gasteiger partial charge in [0.15, 0.2) is 0 Å². The minimum atomic E-state index is -0.638. The lowest BCUT2D eigenvalue weighted by atomic mass is 9.96. The van der Waals surface area contributed by atoms with E-state index in [2.05, 4.69) is 30.4 Å². The quantitative estimate of drug-likeness (QED) is 0.261. The van der Waals surface area contributed by atoms with Gasteiger partial charge in [0, 0.05) is 5.56 Å². The number of para-hydroxylation sites is 1. The summed E-state index contributed by atoms with van der Waals surface area (Å²) in [5, 5.41) is 12.8. The van der Waals surface area contributed by atoms with Gasteiger partial charge < -0.3 is 24.6 Å². The third-order valence-corrected chi connectivity index (χ3v) is 6.08. The molecule has 0 saturated heterocycles. The normalized spacial score (nSPS) is 12.4. The summed E-state index contributed by atoms with van der Waals surface area (Å²) < 4.78 is 17.1. The van der Waals surface area contributed by atoms with Crippen molar-refractivity contribution >= 4 is 12.1 Å². The predicted octanol–water partition coefficient (Wildman–Crippen LogP) is 6.94. The molecule has 0 aromatic heterocycles. The van der Waals surface area contributed by atoms with E-state index in [9.17, 15) is 14.7 Å². The van der Waals surface area contributed by atoms with Gasteiger partial charge in [-0.3, -0.25) is 4.79 Å². The van der Waals surface area contributed by atoms with Crippen molar-refractivity contribution in [3.63, 3.8) is 0 Å². The van der Waals surface area contributed by atoms with Crippen LogP contribution in [0.5, 0.6) is 5.75 Å². The molecule has 0 aliphatic carbocycles. The SMILES string of the molecule is CCc1cc(COc2ccccc2CC(=O)OC(C)(C)C)cc(-c2cccc([C@@H](CO)NC(=O)OC(C)(C)C)c2)c1. The summed E-state index contributed by atoms with van der Waals surface area (Å²) in [6, 6.07) is 21.0. The Kier molecular flexibility index (Phi) is 10.6. The zero-order valence-corrected chi connectivity index (χ0v) is 25.2. The van der Waals surface area contributed by atoms with Gasteiger partial charge in [-0.05, 0) is 94.0 Å². The van der Waals surface area contributed by atoms with Crippen molar-refractivity contribution in [2.24, 2.45) is 0 Å². The summed E-state index contributed by atoms with van der Waals surface area (Å²) >= 11 is 0.